The standard InChI is InChI=1S/C22H23N3O6/c1-14-6-3-4-9-18(14)21(28)24-25-12-15(10-20(25)27)22(29)31-13-19(26)23-16-7-5-8-17(11-16)30-2/h3-9,11,15H,10,12-13H2,1-2H3,(H,23,26)(H,24,28)/t15-/m1/s1. The zero-order valence-corrected chi connectivity index (χ0v) is 17.2. The van der Waals surface area contributed by atoms with Gasteiger partial charge in [0.25, 0.3) is 11.8 Å². The summed E-state index contributed by atoms with van der Waals surface area (Å²) in [7, 11) is 1.51. The molecular formula is C22H23N3O6. The van der Waals surface area contributed by atoms with Gasteiger partial charge in [0.1, 0.15) is 5.75 Å². The van der Waals surface area contributed by atoms with Gasteiger partial charge in [-0.25, -0.2) is 0 Å². The van der Waals surface area contributed by atoms with Crippen LogP contribution in [0.4, 0.5) is 5.69 Å². The van der Waals surface area contributed by atoms with Crippen LogP contribution < -0.4 is 15.5 Å². The molecule has 31 heavy (non-hydrogen) atoms. The van der Waals surface area contributed by atoms with Gasteiger partial charge in [0.05, 0.1) is 19.6 Å². The third-order valence-corrected chi connectivity index (χ3v) is 4.78. The van der Waals surface area contributed by atoms with E-state index in [9.17, 15) is 19.2 Å². The number of hydrogen-bond acceptors (Lipinski definition) is 6. The van der Waals surface area contributed by atoms with Crippen LogP contribution in [-0.2, 0) is 19.1 Å². The second kappa shape index (κ2) is 9.75. The minimum atomic E-state index is -0.769. The highest BCUT2D eigenvalue weighted by atomic mass is 16.5. The van der Waals surface area contributed by atoms with E-state index in [-0.39, 0.29) is 13.0 Å². The van der Waals surface area contributed by atoms with Gasteiger partial charge in [0.2, 0.25) is 5.91 Å². The van der Waals surface area contributed by atoms with E-state index in [4.69, 9.17) is 9.47 Å². The number of anilines is 1. The number of hydrazine groups is 1. The van der Waals surface area contributed by atoms with Crippen LogP contribution in [-0.4, -0.2) is 49.0 Å². The maximum absolute atomic E-state index is 12.4. The van der Waals surface area contributed by atoms with Crippen LogP contribution in [0.5, 0.6) is 5.75 Å². The summed E-state index contributed by atoms with van der Waals surface area (Å²) < 4.78 is 10.1. The summed E-state index contributed by atoms with van der Waals surface area (Å²) >= 11 is 0. The first-order valence-corrected chi connectivity index (χ1v) is 9.65. The van der Waals surface area contributed by atoms with Crippen molar-refractivity contribution in [1.29, 1.82) is 0 Å². The molecule has 2 aromatic rings. The topological polar surface area (TPSA) is 114 Å². The molecule has 0 unspecified atom stereocenters. The highest BCUT2D eigenvalue weighted by molar-refractivity contribution is 5.98. The number of aryl methyl sites for hydroxylation is 1. The second-order valence-corrected chi connectivity index (χ2v) is 7.05. The van der Waals surface area contributed by atoms with Crippen molar-refractivity contribution in [2.75, 3.05) is 25.6 Å². The van der Waals surface area contributed by atoms with E-state index in [1.165, 1.54) is 7.11 Å². The van der Waals surface area contributed by atoms with Crippen molar-refractivity contribution in [3.63, 3.8) is 0 Å². The predicted molar refractivity (Wildman–Crippen MR) is 111 cm³/mol. The minimum Gasteiger partial charge on any atom is -0.497 e. The van der Waals surface area contributed by atoms with E-state index in [0.29, 0.717) is 17.0 Å². The van der Waals surface area contributed by atoms with Crippen molar-refractivity contribution in [3.05, 3.63) is 59.7 Å². The number of amides is 3. The Morgan fingerprint density at radius 2 is 1.90 bits per heavy atom. The van der Waals surface area contributed by atoms with E-state index in [2.05, 4.69) is 10.7 Å². The van der Waals surface area contributed by atoms with Crippen LogP contribution in [0.2, 0.25) is 0 Å². The monoisotopic (exact) mass is 425 g/mol. The molecule has 0 aromatic heterocycles. The second-order valence-electron chi connectivity index (χ2n) is 7.05. The fourth-order valence-corrected chi connectivity index (χ4v) is 3.14. The molecule has 1 fully saturated rings. The Labute approximate surface area is 179 Å². The SMILES string of the molecule is COc1cccc(NC(=O)COC(=O)[C@@H]2CC(=O)N(NC(=O)c3ccccc3C)C2)c1. The molecule has 2 N–H and O–H groups in total. The molecular weight excluding hydrogens is 402 g/mol. The average Bonchev–Trinajstić information content (AvgIpc) is 3.12. The number of nitrogens with zero attached hydrogens (tertiary/aromatic N) is 1. The van der Waals surface area contributed by atoms with Crippen LogP contribution >= 0.6 is 0 Å². The molecule has 1 aliphatic heterocycles. The Morgan fingerprint density at radius 1 is 1.13 bits per heavy atom. The van der Waals surface area contributed by atoms with Crippen LogP contribution in [0.1, 0.15) is 22.3 Å². The highest BCUT2D eigenvalue weighted by Crippen LogP contribution is 2.19. The van der Waals surface area contributed by atoms with Crippen LogP contribution in [0, 0.1) is 12.8 Å². The first-order chi connectivity index (χ1) is 14.9. The molecule has 0 bridgehead atoms. The first kappa shape index (κ1) is 21.8. The van der Waals surface area contributed by atoms with Gasteiger partial charge in [-0.05, 0) is 30.7 Å². The Kier molecular flexibility index (Phi) is 6.86. The summed E-state index contributed by atoms with van der Waals surface area (Å²) in [5.74, 6) is -2.22. The van der Waals surface area contributed by atoms with E-state index < -0.39 is 36.2 Å². The van der Waals surface area contributed by atoms with Crippen LogP contribution in [0.3, 0.4) is 0 Å². The predicted octanol–water partition coefficient (Wildman–Crippen LogP) is 1.68. The van der Waals surface area contributed by atoms with E-state index >= 15 is 0 Å². The van der Waals surface area contributed by atoms with Gasteiger partial charge >= 0.3 is 5.97 Å². The number of nitrogens with one attached hydrogen (secondary N) is 2. The lowest BCUT2D eigenvalue weighted by Crippen LogP contribution is -2.43. The van der Waals surface area contributed by atoms with Crippen LogP contribution in [0.25, 0.3) is 0 Å². The number of ether oxygens (including phenoxy) is 2. The van der Waals surface area contributed by atoms with Gasteiger partial charge in [-0.3, -0.25) is 29.6 Å². The number of carbonyl (C=O) groups is 4. The Balaban J connectivity index is 1.49. The van der Waals surface area contributed by atoms with Gasteiger partial charge in [0, 0.05) is 23.7 Å². The molecule has 3 rings (SSSR count). The summed E-state index contributed by atoms with van der Waals surface area (Å²) in [6, 6.07) is 13.7. The Bertz CT molecular complexity index is 1010. The molecule has 162 valence electrons. The highest BCUT2D eigenvalue weighted by Gasteiger charge is 2.36. The summed E-state index contributed by atoms with van der Waals surface area (Å²) in [6.07, 6.45) is -0.107. The first-order valence-electron chi connectivity index (χ1n) is 9.65. The molecule has 0 radical (unpaired) electrons. The quantitative estimate of drug-likeness (QED) is 0.653. The molecule has 1 aliphatic rings. The van der Waals surface area contributed by atoms with Crippen molar-refractivity contribution < 1.29 is 28.7 Å². The lowest BCUT2D eigenvalue weighted by molar-refractivity contribution is -0.151. The fraction of sp³-hybridized carbons (Fsp3) is 0.273. The van der Waals surface area contributed by atoms with E-state index in [0.717, 1.165) is 10.6 Å². The smallest absolute Gasteiger partial charge is 0.311 e. The van der Waals surface area contributed by atoms with E-state index in [1.807, 2.05) is 6.07 Å². The lowest BCUT2D eigenvalue weighted by atomic mass is 10.1. The van der Waals surface area contributed by atoms with E-state index in [1.54, 1.807) is 49.4 Å². The molecule has 3 amide bonds. The van der Waals surface area contributed by atoms with Gasteiger partial charge in [-0.15, -0.1) is 0 Å². The Morgan fingerprint density at radius 3 is 2.65 bits per heavy atom. The van der Waals surface area contributed by atoms with Gasteiger partial charge in [-0.1, -0.05) is 24.3 Å². The number of carbonyl (C=O) groups excluding carboxylic acids is 4. The van der Waals surface area contributed by atoms with Gasteiger partial charge in [-0.2, -0.15) is 0 Å². The molecule has 9 heteroatoms. The maximum Gasteiger partial charge on any atom is 0.311 e. The molecule has 0 aliphatic carbocycles. The van der Waals surface area contributed by atoms with Gasteiger partial charge < -0.3 is 14.8 Å². The third-order valence-electron chi connectivity index (χ3n) is 4.78. The zero-order chi connectivity index (χ0) is 22.4. The summed E-state index contributed by atoms with van der Waals surface area (Å²) in [5, 5.41) is 3.71. The lowest BCUT2D eigenvalue weighted by Gasteiger charge is -2.18. The number of methoxy groups -OCH3 is 1. The number of rotatable bonds is 7. The molecule has 0 saturated carbocycles. The molecule has 1 atom stereocenters. The fourth-order valence-electron chi connectivity index (χ4n) is 3.14. The average molecular weight is 425 g/mol. The third kappa shape index (κ3) is 5.59. The van der Waals surface area contributed by atoms with Crippen LogP contribution in [0.15, 0.2) is 48.5 Å². The summed E-state index contributed by atoms with van der Waals surface area (Å²) in [5.41, 5.74) is 4.23. The number of hydrogen-bond donors (Lipinski definition) is 2. The molecule has 2 aromatic carbocycles. The van der Waals surface area contributed by atoms with Crippen molar-refractivity contribution in [2.24, 2.45) is 5.92 Å². The maximum atomic E-state index is 12.4. The number of esters is 1. The Hall–Kier alpha value is -3.88. The largest absolute Gasteiger partial charge is 0.497 e. The summed E-state index contributed by atoms with van der Waals surface area (Å²) in [6.45, 7) is 1.28. The zero-order valence-electron chi connectivity index (χ0n) is 17.2. The molecule has 0 spiro atoms. The molecule has 1 heterocycles. The van der Waals surface area contributed by atoms with Crippen molar-refractivity contribution in [3.8, 4) is 5.75 Å². The van der Waals surface area contributed by atoms with Gasteiger partial charge in [0.15, 0.2) is 6.61 Å². The number of benzene rings is 2. The van der Waals surface area contributed by atoms with Crippen molar-refractivity contribution in [1.82, 2.24) is 10.4 Å². The molecule has 1 saturated heterocycles. The van der Waals surface area contributed by atoms with Crippen molar-refractivity contribution >= 4 is 29.4 Å². The normalized spacial score (nSPS) is 15.4. The van der Waals surface area contributed by atoms with Crippen molar-refractivity contribution in [2.45, 2.75) is 13.3 Å². The minimum absolute atomic E-state index is 0.0210. The summed E-state index contributed by atoms with van der Waals surface area (Å²) in [4.78, 5) is 48.9. The molecule has 9 nitrogen and oxygen atoms in total.